The highest BCUT2D eigenvalue weighted by Gasteiger charge is 2.17. The van der Waals surface area contributed by atoms with Gasteiger partial charge in [-0.2, -0.15) is 0 Å². The summed E-state index contributed by atoms with van der Waals surface area (Å²) >= 11 is 0. The average Bonchev–Trinajstić information content (AvgIpc) is 2.97. The number of hydrogen-bond donors (Lipinski definition) is 1. The van der Waals surface area contributed by atoms with Crippen LogP contribution in [0.25, 0.3) is 0 Å². The summed E-state index contributed by atoms with van der Waals surface area (Å²) in [5.74, 6) is 0.990. The van der Waals surface area contributed by atoms with Gasteiger partial charge in [-0.1, -0.05) is 25.5 Å². The molecule has 0 aliphatic carbocycles. The van der Waals surface area contributed by atoms with Gasteiger partial charge in [0.15, 0.2) is 0 Å². The standard InChI is InChI=1S/C18H30N2O/c1-3-4-11-20(15-17-8-6-10-19-17)12-13-21-18-9-5-7-16(2)14-18/h5,7,9,14,17,19H,3-4,6,8,10-13,15H2,1-2H3. The zero-order chi connectivity index (χ0) is 14.9. The fourth-order valence-corrected chi connectivity index (χ4v) is 2.90. The zero-order valence-electron chi connectivity index (χ0n) is 13.6. The third-order valence-corrected chi connectivity index (χ3v) is 4.13. The maximum Gasteiger partial charge on any atom is 0.119 e. The molecule has 0 radical (unpaired) electrons. The molecule has 1 aromatic carbocycles. The quantitative estimate of drug-likeness (QED) is 0.755. The van der Waals surface area contributed by atoms with Crippen LogP contribution in [-0.2, 0) is 0 Å². The number of hydrogen-bond acceptors (Lipinski definition) is 3. The summed E-state index contributed by atoms with van der Waals surface area (Å²) in [6.45, 7) is 9.70. The molecule has 1 aliphatic rings. The van der Waals surface area contributed by atoms with Crippen LogP contribution in [0.3, 0.4) is 0 Å². The first-order valence-electron chi connectivity index (χ1n) is 8.43. The van der Waals surface area contributed by atoms with E-state index < -0.39 is 0 Å². The highest BCUT2D eigenvalue weighted by Crippen LogP contribution is 2.13. The van der Waals surface area contributed by atoms with Crippen molar-refractivity contribution in [3.63, 3.8) is 0 Å². The van der Waals surface area contributed by atoms with E-state index in [1.807, 2.05) is 6.07 Å². The molecule has 1 N–H and O–H groups in total. The zero-order valence-corrected chi connectivity index (χ0v) is 13.6. The molecular weight excluding hydrogens is 260 g/mol. The fourth-order valence-electron chi connectivity index (χ4n) is 2.90. The Labute approximate surface area is 129 Å². The van der Waals surface area contributed by atoms with E-state index in [2.05, 4.69) is 42.3 Å². The van der Waals surface area contributed by atoms with Gasteiger partial charge >= 0.3 is 0 Å². The van der Waals surface area contributed by atoms with Crippen molar-refractivity contribution in [2.24, 2.45) is 0 Å². The van der Waals surface area contributed by atoms with Gasteiger partial charge in [0.2, 0.25) is 0 Å². The van der Waals surface area contributed by atoms with Gasteiger partial charge in [0.05, 0.1) is 0 Å². The molecule has 118 valence electrons. The molecule has 0 amide bonds. The number of rotatable bonds is 9. The molecule has 1 saturated heterocycles. The molecule has 1 heterocycles. The first kappa shape index (κ1) is 16.3. The smallest absolute Gasteiger partial charge is 0.119 e. The Balaban J connectivity index is 1.74. The van der Waals surface area contributed by atoms with Crippen LogP contribution >= 0.6 is 0 Å². The minimum Gasteiger partial charge on any atom is -0.492 e. The lowest BCUT2D eigenvalue weighted by Gasteiger charge is -2.25. The number of nitrogens with one attached hydrogen (secondary N) is 1. The van der Waals surface area contributed by atoms with Gasteiger partial charge in [0.25, 0.3) is 0 Å². The van der Waals surface area contributed by atoms with E-state index in [0.29, 0.717) is 6.04 Å². The van der Waals surface area contributed by atoms with Crippen molar-refractivity contribution in [1.29, 1.82) is 0 Å². The van der Waals surface area contributed by atoms with Crippen LogP contribution in [0.5, 0.6) is 5.75 Å². The summed E-state index contributed by atoms with van der Waals surface area (Å²) in [7, 11) is 0. The first-order valence-corrected chi connectivity index (χ1v) is 8.43. The molecule has 1 atom stereocenters. The van der Waals surface area contributed by atoms with E-state index in [9.17, 15) is 0 Å². The van der Waals surface area contributed by atoms with Gasteiger partial charge in [-0.25, -0.2) is 0 Å². The van der Waals surface area contributed by atoms with Gasteiger partial charge in [0.1, 0.15) is 12.4 Å². The maximum atomic E-state index is 5.90. The molecule has 21 heavy (non-hydrogen) atoms. The van der Waals surface area contributed by atoms with Crippen molar-refractivity contribution in [3.05, 3.63) is 29.8 Å². The van der Waals surface area contributed by atoms with Gasteiger partial charge in [-0.3, -0.25) is 4.90 Å². The van der Waals surface area contributed by atoms with Gasteiger partial charge < -0.3 is 10.1 Å². The van der Waals surface area contributed by atoms with E-state index >= 15 is 0 Å². The molecular formula is C18H30N2O. The Morgan fingerprint density at radius 3 is 2.95 bits per heavy atom. The molecule has 0 aromatic heterocycles. The molecule has 1 aliphatic heterocycles. The predicted molar refractivity (Wildman–Crippen MR) is 89.0 cm³/mol. The fraction of sp³-hybridized carbons (Fsp3) is 0.667. The number of ether oxygens (including phenoxy) is 1. The Morgan fingerprint density at radius 1 is 1.33 bits per heavy atom. The normalized spacial score (nSPS) is 18.3. The van der Waals surface area contributed by atoms with E-state index in [4.69, 9.17) is 4.74 Å². The molecule has 2 rings (SSSR count). The van der Waals surface area contributed by atoms with Gasteiger partial charge in [-0.15, -0.1) is 0 Å². The summed E-state index contributed by atoms with van der Waals surface area (Å²) < 4.78 is 5.90. The molecule has 0 saturated carbocycles. The summed E-state index contributed by atoms with van der Waals surface area (Å²) in [5.41, 5.74) is 1.26. The molecule has 0 bridgehead atoms. The largest absolute Gasteiger partial charge is 0.492 e. The van der Waals surface area contributed by atoms with Crippen LogP contribution < -0.4 is 10.1 Å². The monoisotopic (exact) mass is 290 g/mol. The van der Waals surface area contributed by atoms with E-state index in [-0.39, 0.29) is 0 Å². The van der Waals surface area contributed by atoms with Crippen molar-refractivity contribution in [1.82, 2.24) is 10.2 Å². The average molecular weight is 290 g/mol. The van der Waals surface area contributed by atoms with E-state index in [0.717, 1.165) is 25.4 Å². The van der Waals surface area contributed by atoms with Crippen LogP contribution in [-0.4, -0.2) is 43.7 Å². The van der Waals surface area contributed by atoms with Gasteiger partial charge in [0, 0.05) is 19.1 Å². The van der Waals surface area contributed by atoms with Gasteiger partial charge in [-0.05, 0) is 57.0 Å². The van der Waals surface area contributed by atoms with Crippen molar-refractivity contribution in [2.75, 3.05) is 32.8 Å². The van der Waals surface area contributed by atoms with Crippen molar-refractivity contribution in [3.8, 4) is 5.75 Å². The summed E-state index contributed by atoms with van der Waals surface area (Å²) in [6, 6.07) is 8.99. The van der Waals surface area contributed by atoms with E-state index in [1.54, 1.807) is 0 Å². The second kappa shape index (κ2) is 9.06. The molecule has 3 heteroatoms. The topological polar surface area (TPSA) is 24.5 Å². The second-order valence-electron chi connectivity index (χ2n) is 6.11. The van der Waals surface area contributed by atoms with Crippen LogP contribution in [0.4, 0.5) is 0 Å². The van der Waals surface area contributed by atoms with Crippen molar-refractivity contribution in [2.45, 2.75) is 45.6 Å². The minimum absolute atomic E-state index is 0.681. The Kier molecular flexibility index (Phi) is 7.04. The van der Waals surface area contributed by atoms with Crippen molar-refractivity contribution < 1.29 is 4.74 Å². The molecule has 1 unspecified atom stereocenters. The van der Waals surface area contributed by atoms with Crippen LogP contribution in [0.15, 0.2) is 24.3 Å². The Hall–Kier alpha value is -1.06. The lowest BCUT2D eigenvalue weighted by Crippen LogP contribution is -2.40. The lowest BCUT2D eigenvalue weighted by molar-refractivity contribution is 0.194. The van der Waals surface area contributed by atoms with Crippen LogP contribution in [0.1, 0.15) is 38.2 Å². The third-order valence-electron chi connectivity index (χ3n) is 4.13. The summed E-state index contributed by atoms with van der Waals surface area (Å²) in [5, 5.41) is 3.60. The minimum atomic E-state index is 0.681. The molecule has 3 nitrogen and oxygen atoms in total. The van der Waals surface area contributed by atoms with E-state index in [1.165, 1.54) is 44.3 Å². The summed E-state index contributed by atoms with van der Waals surface area (Å²) in [6.07, 6.45) is 5.18. The Morgan fingerprint density at radius 2 is 2.24 bits per heavy atom. The molecule has 0 spiro atoms. The second-order valence-corrected chi connectivity index (χ2v) is 6.11. The number of unbranched alkanes of at least 4 members (excludes halogenated alkanes) is 1. The number of nitrogens with zero attached hydrogens (tertiary/aromatic N) is 1. The number of benzene rings is 1. The van der Waals surface area contributed by atoms with Crippen LogP contribution in [0.2, 0.25) is 0 Å². The van der Waals surface area contributed by atoms with Crippen molar-refractivity contribution >= 4 is 0 Å². The highest BCUT2D eigenvalue weighted by atomic mass is 16.5. The summed E-state index contributed by atoms with van der Waals surface area (Å²) in [4.78, 5) is 2.56. The maximum absolute atomic E-state index is 5.90. The molecule has 1 fully saturated rings. The van der Waals surface area contributed by atoms with Crippen LogP contribution in [0, 0.1) is 6.92 Å². The predicted octanol–water partition coefficient (Wildman–Crippen LogP) is 3.23. The highest BCUT2D eigenvalue weighted by molar-refractivity contribution is 5.27. The lowest BCUT2D eigenvalue weighted by atomic mass is 10.2. The third kappa shape index (κ3) is 6.06. The SMILES string of the molecule is CCCCN(CCOc1cccc(C)c1)CC1CCCN1. The molecule has 1 aromatic rings. The Bertz CT molecular complexity index is 402. The number of aryl methyl sites for hydroxylation is 1. The first-order chi connectivity index (χ1) is 10.3.